The van der Waals surface area contributed by atoms with Gasteiger partial charge in [0.05, 0.1) is 41.5 Å². The largest absolute Gasteiger partial charge is 0.458 e. The molecule has 1 aromatic carbocycles. The Balaban J connectivity index is 1.56. The van der Waals surface area contributed by atoms with Crippen molar-refractivity contribution in [3.05, 3.63) is 61.7 Å². The van der Waals surface area contributed by atoms with E-state index in [0.717, 1.165) is 22.1 Å². The average Bonchev–Trinajstić information content (AvgIpc) is 3.33. The number of rotatable bonds is 6. The van der Waals surface area contributed by atoms with Gasteiger partial charge in [-0.1, -0.05) is 6.92 Å². The zero-order chi connectivity index (χ0) is 30.1. The zero-order valence-corrected chi connectivity index (χ0v) is 24.2. The fraction of sp³-hybridized carbons (Fsp3) is 0.452. The molecule has 220 valence electrons. The van der Waals surface area contributed by atoms with Crippen molar-refractivity contribution in [2.24, 2.45) is 0 Å². The number of nitrogens with zero attached hydrogens (tertiary/aromatic N) is 4. The summed E-state index contributed by atoms with van der Waals surface area (Å²) in [5.41, 5.74) is 2.70. The third-order valence-corrected chi connectivity index (χ3v) is 9.11. The molecule has 1 aliphatic carbocycles. The molecule has 1 unspecified atom stereocenters. The molecule has 6 rings (SSSR count). The molecule has 0 fully saturated rings. The molecular formula is C31H34FN4O6+. The zero-order valence-electron chi connectivity index (χ0n) is 24.2. The Kier molecular flexibility index (Phi) is 6.87. The first-order chi connectivity index (χ1) is 20.0. The summed E-state index contributed by atoms with van der Waals surface area (Å²) in [5, 5.41) is 21.3. The number of carbonyl (C=O) groups excluding carboxylic acids is 2. The molecule has 3 aliphatic rings. The van der Waals surface area contributed by atoms with E-state index >= 15 is 4.39 Å². The highest BCUT2D eigenvalue weighted by Crippen LogP contribution is 2.46. The van der Waals surface area contributed by atoms with E-state index in [2.05, 4.69) is 0 Å². The number of aryl methyl sites for hydroxylation is 1. The van der Waals surface area contributed by atoms with Crippen LogP contribution >= 0.6 is 0 Å². The van der Waals surface area contributed by atoms with Crippen LogP contribution in [0.5, 0.6) is 0 Å². The molecule has 2 N–H and O–H groups in total. The van der Waals surface area contributed by atoms with Crippen molar-refractivity contribution >= 4 is 29.0 Å². The topological polar surface area (TPSA) is 125 Å². The van der Waals surface area contributed by atoms with Crippen LogP contribution in [0.4, 0.5) is 4.39 Å². The molecule has 0 bridgehead atoms. The van der Waals surface area contributed by atoms with Crippen LogP contribution in [0.3, 0.4) is 0 Å². The minimum absolute atomic E-state index is 0.0315. The number of hydrogen-bond donors (Lipinski definition) is 2. The Morgan fingerprint density at radius 2 is 2.07 bits per heavy atom. The van der Waals surface area contributed by atoms with Crippen LogP contribution < -0.4 is 5.56 Å². The van der Waals surface area contributed by atoms with Crippen molar-refractivity contribution in [2.75, 3.05) is 33.8 Å². The summed E-state index contributed by atoms with van der Waals surface area (Å²) in [4.78, 5) is 46.0. The van der Waals surface area contributed by atoms with Gasteiger partial charge in [-0.25, -0.2) is 19.0 Å². The molecule has 0 saturated heterocycles. The summed E-state index contributed by atoms with van der Waals surface area (Å²) in [6, 6.07) is 3.07. The maximum Gasteiger partial charge on any atom is 0.400 e. The number of likely N-dealkylation sites (N-methyl/N-ethyl adjacent to an activating group) is 2. The second-order valence-corrected chi connectivity index (χ2v) is 11.6. The summed E-state index contributed by atoms with van der Waals surface area (Å²) in [6.45, 7) is 3.86. The molecule has 10 nitrogen and oxygen atoms in total. The highest BCUT2D eigenvalue weighted by molar-refractivity contribution is 5.96. The third-order valence-electron chi connectivity index (χ3n) is 9.11. The SMILES string of the molecule is CC[C@@]1(O)C(=O)OCc2c1cc1n(c2=O)Cc2c-1nc1cc(F)c(C)c3c1c2C(C=[N+](C)C(=O)CN(C)CCO)CC3. The summed E-state index contributed by atoms with van der Waals surface area (Å²) in [7, 11) is 3.47. The van der Waals surface area contributed by atoms with Crippen molar-refractivity contribution < 1.29 is 33.5 Å². The third kappa shape index (κ3) is 4.13. The van der Waals surface area contributed by atoms with Crippen LogP contribution in [0, 0.1) is 12.7 Å². The quantitative estimate of drug-likeness (QED) is 0.202. The number of ether oxygens (including phenoxy) is 1. The Labute approximate surface area is 241 Å². The predicted molar refractivity (Wildman–Crippen MR) is 152 cm³/mol. The van der Waals surface area contributed by atoms with Gasteiger partial charge in [0.15, 0.2) is 11.8 Å². The first-order valence-electron chi connectivity index (χ1n) is 14.2. The molecule has 0 radical (unpaired) electrons. The molecule has 11 heteroatoms. The molecule has 2 aromatic heterocycles. The van der Waals surface area contributed by atoms with E-state index in [1.165, 1.54) is 6.07 Å². The lowest BCUT2D eigenvalue weighted by atomic mass is 9.78. The van der Waals surface area contributed by atoms with Crippen molar-refractivity contribution in [2.45, 2.75) is 57.8 Å². The van der Waals surface area contributed by atoms with Gasteiger partial charge in [-0.05, 0) is 56.0 Å². The van der Waals surface area contributed by atoms with Gasteiger partial charge in [0.25, 0.3) is 5.56 Å². The number of aromatic nitrogens is 2. The lowest BCUT2D eigenvalue weighted by molar-refractivity contribution is -0.416. The Morgan fingerprint density at radius 3 is 2.79 bits per heavy atom. The van der Waals surface area contributed by atoms with Crippen LogP contribution in [0.2, 0.25) is 0 Å². The van der Waals surface area contributed by atoms with Gasteiger partial charge in [-0.15, -0.1) is 0 Å². The van der Waals surface area contributed by atoms with E-state index < -0.39 is 11.6 Å². The Bertz CT molecular complexity index is 1780. The van der Waals surface area contributed by atoms with E-state index in [4.69, 9.17) is 9.72 Å². The van der Waals surface area contributed by atoms with Crippen molar-refractivity contribution in [3.8, 4) is 11.4 Å². The van der Waals surface area contributed by atoms with Crippen molar-refractivity contribution in [1.82, 2.24) is 14.5 Å². The van der Waals surface area contributed by atoms with Crippen LogP contribution in [-0.2, 0) is 39.5 Å². The summed E-state index contributed by atoms with van der Waals surface area (Å²) < 4.78 is 23.5. The molecule has 0 spiro atoms. The fourth-order valence-corrected chi connectivity index (χ4v) is 6.68. The number of pyridine rings is 2. The Morgan fingerprint density at radius 1 is 1.31 bits per heavy atom. The minimum atomic E-state index is -1.95. The van der Waals surface area contributed by atoms with Crippen LogP contribution in [0.25, 0.3) is 22.3 Å². The highest BCUT2D eigenvalue weighted by atomic mass is 19.1. The molecular weight excluding hydrogens is 543 g/mol. The van der Waals surface area contributed by atoms with E-state index in [9.17, 15) is 24.6 Å². The van der Waals surface area contributed by atoms with Gasteiger partial charge >= 0.3 is 11.9 Å². The summed E-state index contributed by atoms with van der Waals surface area (Å²) >= 11 is 0. The molecule has 4 heterocycles. The number of fused-ring (bicyclic) bond motifs is 5. The number of aliphatic hydroxyl groups excluding tert-OH is 1. The average molecular weight is 578 g/mol. The van der Waals surface area contributed by atoms with E-state index in [1.807, 2.05) is 6.21 Å². The maximum absolute atomic E-state index is 15.1. The maximum atomic E-state index is 15.1. The van der Waals surface area contributed by atoms with Gasteiger partial charge in [-0.2, -0.15) is 4.58 Å². The number of benzene rings is 1. The fourth-order valence-electron chi connectivity index (χ4n) is 6.68. The second-order valence-electron chi connectivity index (χ2n) is 11.6. The summed E-state index contributed by atoms with van der Waals surface area (Å²) in [5.74, 6) is -1.50. The number of halogens is 1. The van der Waals surface area contributed by atoms with Gasteiger partial charge in [-0.3, -0.25) is 9.69 Å². The number of aliphatic hydroxyl groups is 2. The van der Waals surface area contributed by atoms with Crippen molar-refractivity contribution in [3.63, 3.8) is 0 Å². The highest BCUT2D eigenvalue weighted by Gasteiger charge is 2.46. The number of esters is 1. The van der Waals surface area contributed by atoms with E-state index in [-0.39, 0.29) is 67.1 Å². The van der Waals surface area contributed by atoms with Crippen molar-refractivity contribution in [1.29, 1.82) is 0 Å². The number of amides is 1. The first kappa shape index (κ1) is 28.3. The van der Waals surface area contributed by atoms with Gasteiger partial charge in [0.2, 0.25) is 0 Å². The minimum Gasteiger partial charge on any atom is -0.458 e. The normalized spacial score (nSPS) is 20.9. The number of hydrogen-bond acceptors (Lipinski definition) is 8. The van der Waals surface area contributed by atoms with Crippen LogP contribution in [0.1, 0.15) is 59.1 Å². The standard InChI is InChI=1S/C31H34FN4O6/c1-5-31(41)21-10-24-28-19(13-36(24)29(39)20(21)15-42-30(31)40)26-17(12-35(4)25(38)14-34(3)8-9-37)6-7-18-16(2)22(32)11-23(33-28)27(18)26/h10-12,17,37,41H,5-9,13-15H2,1-4H3/q+1/t17?,31-/m0/s1. The smallest absolute Gasteiger partial charge is 0.400 e. The summed E-state index contributed by atoms with van der Waals surface area (Å²) in [6.07, 6.45) is 3.15. The Hall–Kier alpha value is -3.80. The molecule has 42 heavy (non-hydrogen) atoms. The first-order valence-corrected chi connectivity index (χ1v) is 14.2. The lowest BCUT2D eigenvalue weighted by Crippen LogP contribution is -2.44. The number of carbonyl (C=O) groups is 2. The number of cyclic esters (lactones) is 1. The van der Waals surface area contributed by atoms with Gasteiger partial charge < -0.3 is 19.5 Å². The van der Waals surface area contributed by atoms with E-state index in [0.29, 0.717) is 41.9 Å². The van der Waals surface area contributed by atoms with Gasteiger partial charge in [0.1, 0.15) is 26.0 Å². The molecule has 0 saturated carbocycles. The molecule has 2 atom stereocenters. The second kappa shape index (κ2) is 10.2. The molecule has 3 aromatic rings. The molecule has 2 aliphatic heterocycles. The lowest BCUT2D eigenvalue weighted by Gasteiger charge is -2.31. The van der Waals surface area contributed by atoms with Crippen LogP contribution in [-0.4, -0.2) is 81.1 Å². The monoisotopic (exact) mass is 577 g/mol. The molecule has 1 amide bonds. The predicted octanol–water partition coefficient (Wildman–Crippen LogP) is 1.72. The van der Waals surface area contributed by atoms with E-state index in [1.54, 1.807) is 48.1 Å². The van der Waals surface area contributed by atoms with Gasteiger partial charge in [0, 0.05) is 29.1 Å². The van der Waals surface area contributed by atoms with Crippen LogP contribution in [0.15, 0.2) is 16.9 Å².